The SMILES string of the molecule is COC(=O)C(=O)N1CC(C)CCC1c1ccc2c(c1)CN(C1CCN(C)CC1)C(=O)C21CC1. The Morgan fingerprint density at radius 3 is 2.48 bits per heavy atom. The van der Waals surface area contributed by atoms with Crippen LogP contribution in [0, 0.1) is 5.92 Å². The Balaban J connectivity index is 1.45. The van der Waals surface area contributed by atoms with E-state index in [1.54, 1.807) is 4.90 Å². The summed E-state index contributed by atoms with van der Waals surface area (Å²) in [6, 6.07) is 6.58. The predicted octanol–water partition coefficient (Wildman–Crippen LogP) is 2.63. The molecule has 5 rings (SSSR count). The lowest BCUT2D eigenvalue weighted by molar-refractivity contribution is -0.160. The summed E-state index contributed by atoms with van der Waals surface area (Å²) in [5.74, 6) is -0.706. The zero-order chi connectivity index (χ0) is 23.3. The molecule has 1 aromatic carbocycles. The van der Waals surface area contributed by atoms with Crippen molar-refractivity contribution in [1.29, 1.82) is 0 Å². The molecule has 2 atom stereocenters. The smallest absolute Gasteiger partial charge is 0.396 e. The van der Waals surface area contributed by atoms with Crippen molar-refractivity contribution in [2.45, 2.75) is 69.5 Å². The van der Waals surface area contributed by atoms with Crippen molar-refractivity contribution in [2.75, 3.05) is 33.8 Å². The van der Waals surface area contributed by atoms with Gasteiger partial charge in [-0.2, -0.15) is 0 Å². The minimum absolute atomic E-state index is 0.136. The average molecular weight is 454 g/mol. The maximum absolute atomic E-state index is 13.5. The third kappa shape index (κ3) is 3.84. The number of nitrogens with zero attached hydrogens (tertiary/aromatic N) is 3. The summed E-state index contributed by atoms with van der Waals surface area (Å²) in [6.07, 6.45) is 5.73. The van der Waals surface area contributed by atoms with E-state index in [9.17, 15) is 14.4 Å². The van der Waals surface area contributed by atoms with Crippen LogP contribution in [-0.2, 0) is 31.1 Å². The monoisotopic (exact) mass is 453 g/mol. The van der Waals surface area contributed by atoms with Gasteiger partial charge < -0.3 is 19.4 Å². The number of esters is 1. The van der Waals surface area contributed by atoms with Crippen molar-refractivity contribution in [2.24, 2.45) is 5.92 Å². The molecular weight excluding hydrogens is 418 g/mol. The first-order chi connectivity index (χ1) is 15.8. The largest absolute Gasteiger partial charge is 0.462 e. The van der Waals surface area contributed by atoms with E-state index in [-0.39, 0.29) is 11.5 Å². The first-order valence-corrected chi connectivity index (χ1v) is 12.4. The van der Waals surface area contributed by atoms with Gasteiger partial charge in [0.1, 0.15) is 0 Å². The molecule has 4 aliphatic rings. The molecule has 2 saturated heterocycles. The molecule has 0 N–H and O–H groups in total. The van der Waals surface area contributed by atoms with E-state index in [4.69, 9.17) is 4.74 Å². The lowest BCUT2D eigenvalue weighted by atomic mass is 9.81. The van der Waals surface area contributed by atoms with Gasteiger partial charge in [0.25, 0.3) is 0 Å². The van der Waals surface area contributed by atoms with Crippen LogP contribution in [0.5, 0.6) is 0 Å². The van der Waals surface area contributed by atoms with Crippen LogP contribution in [0.2, 0.25) is 0 Å². The number of hydrogen-bond acceptors (Lipinski definition) is 5. The second kappa shape index (κ2) is 8.42. The number of fused-ring (bicyclic) bond motifs is 2. The first kappa shape index (κ1) is 22.4. The van der Waals surface area contributed by atoms with Crippen molar-refractivity contribution in [3.63, 3.8) is 0 Å². The van der Waals surface area contributed by atoms with Crippen LogP contribution in [-0.4, -0.2) is 72.3 Å². The molecule has 178 valence electrons. The Labute approximate surface area is 196 Å². The third-order valence-corrected chi connectivity index (χ3v) is 8.36. The standard InChI is InChI=1S/C26H35N3O4/c1-17-4-7-22(29(15-17)23(30)24(31)33-3)18-5-6-21-19(14-18)16-28(25(32)26(21)10-11-26)20-8-12-27(2)13-9-20/h5-6,14,17,20,22H,4,7-13,15-16H2,1-3H3. The van der Waals surface area contributed by atoms with Gasteiger partial charge in [-0.3, -0.25) is 9.59 Å². The second-order valence-electron chi connectivity index (χ2n) is 10.6. The van der Waals surface area contributed by atoms with Gasteiger partial charge in [-0.05, 0) is 81.3 Å². The molecule has 2 unspecified atom stereocenters. The van der Waals surface area contributed by atoms with E-state index in [0.29, 0.717) is 31.0 Å². The Morgan fingerprint density at radius 1 is 1.09 bits per heavy atom. The molecule has 1 saturated carbocycles. The van der Waals surface area contributed by atoms with Crippen LogP contribution in [0.1, 0.15) is 68.2 Å². The van der Waals surface area contributed by atoms with Crippen molar-refractivity contribution in [1.82, 2.24) is 14.7 Å². The highest BCUT2D eigenvalue weighted by Gasteiger charge is 2.57. The summed E-state index contributed by atoms with van der Waals surface area (Å²) >= 11 is 0. The van der Waals surface area contributed by atoms with E-state index in [2.05, 4.69) is 42.0 Å². The highest BCUT2D eigenvalue weighted by atomic mass is 16.5. The Morgan fingerprint density at radius 2 is 1.82 bits per heavy atom. The molecule has 1 aliphatic carbocycles. The van der Waals surface area contributed by atoms with Gasteiger partial charge in [-0.15, -0.1) is 0 Å². The molecule has 3 fully saturated rings. The molecule has 1 aromatic rings. The summed E-state index contributed by atoms with van der Waals surface area (Å²) in [5, 5.41) is 0. The predicted molar refractivity (Wildman–Crippen MR) is 123 cm³/mol. The number of methoxy groups -OCH3 is 1. The van der Waals surface area contributed by atoms with Crippen molar-refractivity contribution >= 4 is 17.8 Å². The van der Waals surface area contributed by atoms with Crippen LogP contribution in [0.4, 0.5) is 0 Å². The molecule has 7 heteroatoms. The first-order valence-electron chi connectivity index (χ1n) is 12.4. The Bertz CT molecular complexity index is 964. The maximum Gasteiger partial charge on any atom is 0.396 e. The molecule has 33 heavy (non-hydrogen) atoms. The maximum atomic E-state index is 13.5. The number of rotatable bonds is 2. The number of carbonyl (C=O) groups is 3. The van der Waals surface area contributed by atoms with E-state index in [1.165, 1.54) is 18.2 Å². The highest BCUT2D eigenvalue weighted by molar-refractivity contribution is 6.32. The summed E-state index contributed by atoms with van der Waals surface area (Å²) in [6.45, 7) is 5.37. The van der Waals surface area contributed by atoms with E-state index >= 15 is 0 Å². The van der Waals surface area contributed by atoms with E-state index in [0.717, 1.165) is 57.2 Å². The molecule has 1 spiro atoms. The highest BCUT2D eigenvalue weighted by Crippen LogP contribution is 2.54. The minimum Gasteiger partial charge on any atom is -0.462 e. The molecule has 0 bridgehead atoms. The van der Waals surface area contributed by atoms with Crippen LogP contribution in [0.15, 0.2) is 18.2 Å². The van der Waals surface area contributed by atoms with Gasteiger partial charge in [-0.25, -0.2) is 4.79 Å². The van der Waals surface area contributed by atoms with Gasteiger partial charge in [0.05, 0.1) is 18.6 Å². The summed E-state index contributed by atoms with van der Waals surface area (Å²) < 4.78 is 4.73. The minimum atomic E-state index is -0.803. The van der Waals surface area contributed by atoms with E-state index in [1.807, 2.05) is 0 Å². The number of likely N-dealkylation sites (tertiary alicyclic amines) is 2. The zero-order valence-corrected chi connectivity index (χ0v) is 20.0. The second-order valence-corrected chi connectivity index (χ2v) is 10.6. The van der Waals surface area contributed by atoms with Gasteiger partial charge in [0, 0.05) is 19.1 Å². The summed E-state index contributed by atoms with van der Waals surface area (Å²) in [5.41, 5.74) is 3.12. The number of piperidine rings is 2. The normalized spacial score (nSPS) is 27.4. The molecule has 3 aliphatic heterocycles. The molecule has 2 amide bonds. The summed E-state index contributed by atoms with van der Waals surface area (Å²) in [7, 11) is 3.40. The Kier molecular flexibility index (Phi) is 5.71. The number of hydrogen-bond donors (Lipinski definition) is 0. The van der Waals surface area contributed by atoms with Crippen LogP contribution >= 0.6 is 0 Å². The van der Waals surface area contributed by atoms with Gasteiger partial charge in [0.2, 0.25) is 5.91 Å². The fraction of sp³-hybridized carbons (Fsp3) is 0.654. The molecular formula is C26H35N3O4. The average Bonchev–Trinajstić information content (AvgIpc) is 3.62. The topological polar surface area (TPSA) is 70.2 Å². The number of carbonyl (C=O) groups excluding carboxylic acids is 3. The van der Waals surface area contributed by atoms with Gasteiger partial charge in [-0.1, -0.05) is 25.1 Å². The van der Waals surface area contributed by atoms with Crippen LogP contribution in [0.25, 0.3) is 0 Å². The fourth-order valence-electron chi connectivity index (χ4n) is 6.20. The number of amides is 2. The van der Waals surface area contributed by atoms with Crippen molar-refractivity contribution in [3.05, 3.63) is 34.9 Å². The lowest BCUT2D eigenvalue weighted by Gasteiger charge is -2.43. The third-order valence-electron chi connectivity index (χ3n) is 8.36. The van der Waals surface area contributed by atoms with Gasteiger partial charge in [0.15, 0.2) is 0 Å². The van der Waals surface area contributed by atoms with Gasteiger partial charge >= 0.3 is 11.9 Å². The molecule has 7 nitrogen and oxygen atoms in total. The summed E-state index contributed by atoms with van der Waals surface area (Å²) in [4.78, 5) is 44.5. The molecule has 0 aromatic heterocycles. The quantitative estimate of drug-likeness (QED) is 0.509. The van der Waals surface area contributed by atoms with E-state index < -0.39 is 11.9 Å². The van der Waals surface area contributed by atoms with Crippen LogP contribution in [0.3, 0.4) is 0 Å². The fourth-order valence-corrected chi connectivity index (χ4v) is 6.20. The zero-order valence-electron chi connectivity index (χ0n) is 20.0. The number of ether oxygens (including phenoxy) is 1. The number of benzene rings is 1. The van der Waals surface area contributed by atoms with Crippen LogP contribution < -0.4 is 0 Å². The molecule has 0 radical (unpaired) electrons. The lowest BCUT2D eigenvalue weighted by Crippen LogP contribution is -2.52. The van der Waals surface area contributed by atoms with Crippen molar-refractivity contribution in [3.8, 4) is 0 Å². The Hall–Kier alpha value is -2.41. The molecule has 3 heterocycles. The van der Waals surface area contributed by atoms with Crippen molar-refractivity contribution < 1.29 is 19.1 Å².